The summed E-state index contributed by atoms with van der Waals surface area (Å²) in [5, 5.41) is 320. The minimum atomic E-state index is -2.28. The van der Waals surface area contributed by atoms with E-state index in [1.165, 1.54) is 97.1 Å². The first kappa shape index (κ1) is 94.8. The summed E-state index contributed by atoms with van der Waals surface area (Å²) < 4.78 is 0. The fourth-order valence-electron chi connectivity index (χ4n) is 11.1. The van der Waals surface area contributed by atoms with Crippen LogP contribution in [0.25, 0.3) is 0 Å². The van der Waals surface area contributed by atoms with Gasteiger partial charge in [0.25, 0.3) is 0 Å². The number of benzene rings is 10. The van der Waals surface area contributed by atoms with Crippen molar-refractivity contribution in [1.82, 2.24) is 0 Å². The summed E-state index contributed by atoms with van der Waals surface area (Å²) in [5.41, 5.74) is -4.50. The number of carboxylic acids is 9. The molecular formula is C78H70O43. The monoisotopic (exact) mass is 1690 g/mol. The highest BCUT2D eigenvalue weighted by molar-refractivity contribution is 5.88. The van der Waals surface area contributed by atoms with Gasteiger partial charge in [-0.25, -0.2) is 24.0 Å². The van der Waals surface area contributed by atoms with Crippen molar-refractivity contribution in [3.05, 3.63) is 236 Å². The lowest BCUT2D eigenvalue weighted by molar-refractivity contribution is -0.148. The maximum Gasteiger partial charge on any atom is 0.337 e. The van der Waals surface area contributed by atoms with Gasteiger partial charge >= 0.3 is 53.7 Å². The highest BCUT2D eigenvalue weighted by Gasteiger charge is 2.37. The lowest BCUT2D eigenvalue weighted by Gasteiger charge is -2.20. The molecule has 0 bridgehead atoms. The number of phenols is 20. The van der Waals surface area contributed by atoms with Gasteiger partial charge in [0.1, 0.15) is 139 Å². The molecule has 34 N–H and O–H groups in total. The zero-order chi connectivity index (χ0) is 91.5. The summed E-state index contributed by atoms with van der Waals surface area (Å²) in [7, 11) is 0. The third-order valence-electron chi connectivity index (χ3n) is 16.8. The summed E-state index contributed by atoms with van der Waals surface area (Å²) in [4.78, 5) is 99.7. The van der Waals surface area contributed by atoms with Crippen LogP contribution in [-0.2, 0) is 43.2 Å². The molecule has 43 heteroatoms. The molecule has 10 rings (SSSR count). The molecule has 0 spiro atoms. The molecule has 0 amide bonds. The van der Waals surface area contributed by atoms with Crippen molar-refractivity contribution in [3.8, 4) is 115 Å². The topological polar surface area (TPSA) is 841 Å². The minimum Gasteiger partial charge on any atom is -0.508 e. The average Bonchev–Trinajstić information content (AvgIpc) is 0.781. The number of phenolic OH excluding ortho intramolecular Hbond substituents is 20. The van der Waals surface area contributed by atoms with Crippen LogP contribution < -0.4 is 0 Å². The molecule has 10 aromatic rings. The highest BCUT2D eigenvalue weighted by Crippen LogP contribution is 2.48. The first-order valence-corrected chi connectivity index (χ1v) is 33.1. The number of aliphatic carboxylic acids is 9. The van der Waals surface area contributed by atoms with E-state index in [0.29, 0.717) is 36.4 Å². The predicted molar refractivity (Wildman–Crippen MR) is 399 cm³/mol. The molecule has 0 radical (unpaired) electrons. The number of aromatic hydroxyl groups is 20. The number of aliphatic hydroxyl groups excluding tert-OH is 5. The number of aliphatic hydroxyl groups is 5. The van der Waals surface area contributed by atoms with Crippen LogP contribution in [0.15, 0.2) is 164 Å². The Hall–Kier alpha value is -16.8. The van der Waals surface area contributed by atoms with Gasteiger partial charge in [0.2, 0.25) is 0 Å². The van der Waals surface area contributed by atoms with Crippen LogP contribution in [0.1, 0.15) is 127 Å². The number of carbonyl (C=O) groups is 9. The van der Waals surface area contributed by atoms with E-state index >= 15 is 0 Å². The van der Waals surface area contributed by atoms with Gasteiger partial charge in [-0.3, -0.25) is 19.2 Å². The Labute approximate surface area is 673 Å². The SMILES string of the molecule is O=C(O)C(O)c1cc(C(C(=O)O)c2cc(C(O)C(=O)O)c(O)cc2O)c(O)cc1O.O=C(O)C(O)c1cc(C(O)C(=O)O)c(O)cc1O.O=C(O)C(O)c1ccc(O)cc1O.O=C(O)C(c1c(O)cccc1O)c1c(O)cccc1O.O=C(O)C(c1ccc(O)cc1O)c1c(O)cccc1O.O=C(O)C(c1ccc(O)cc1O)c1ccc(O)cc1O. The molecule has 10 aromatic carbocycles. The first-order valence-electron chi connectivity index (χ1n) is 33.1. The smallest absolute Gasteiger partial charge is 0.337 e. The Bertz CT molecular complexity index is 5280. The number of rotatable bonds is 22. The Morgan fingerprint density at radius 2 is 0.339 bits per heavy atom. The predicted octanol–water partition coefficient (Wildman–Crippen LogP) is 4.69. The van der Waals surface area contributed by atoms with E-state index in [9.17, 15) is 176 Å². The highest BCUT2D eigenvalue weighted by atomic mass is 16.4. The number of hydrogen-bond donors (Lipinski definition) is 34. The molecule has 640 valence electrons. The van der Waals surface area contributed by atoms with Crippen molar-refractivity contribution in [2.75, 3.05) is 0 Å². The van der Waals surface area contributed by atoms with Gasteiger partial charge in [-0.05, 0) is 84.9 Å². The van der Waals surface area contributed by atoms with Crippen molar-refractivity contribution in [1.29, 1.82) is 0 Å². The van der Waals surface area contributed by atoms with Crippen LogP contribution in [-0.4, -0.2) is 227 Å². The standard InChI is InChI=1S/C18H16O12.3C14H12O6.C10H10O8.C8H8O5/c19-9-3-11(21)7(14(23)17(27)28)1-5(9)13(16(25)26)6-2-8(15(24)18(29)30)12(22)4-10(6)20;15-7-1-3-9(11(17)5-7)13(14(19)20)10-4-2-8(16)6-12(10)18;15-7-3-1-4-8(16)11(7)13(14(19)20)12-9(17)5-2-6-10(12)18;15-7-4-5-8(11(18)6-7)12(14(19)20)13-9(16)2-1-3-10(13)17;11-5-2-6(12)4(8(14)10(17)18)1-3(5)7(13)9(15)16;9-4-1-2-5(6(10)3-4)7(11)8(12)13/h1-4,13-15,19-24H,(H,25,26)(H,27,28)(H,29,30);2*1-6,13,15-18H,(H,19,20);1-6,12,15-18H,(H,19,20);1-2,7-8,11-14H,(H,15,16)(H,17,18);1-3,7,9-11H,(H,12,13). The Morgan fingerprint density at radius 3 is 0.554 bits per heavy atom. The fraction of sp³-hybridized carbons (Fsp3) is 0.115. The van der Waals surface area contributed by atoms with Crippen molar-refractivity contribution in [2.24, 2.45) is 0 Å². The zero-order valence-corrected chi connectivity index (χ0v) is 60.7. The van der Waals surface area contributed by atoms with Crippen LogP contribution in [0.2, 0.25) is 0 Å². The van der Waals surface area contributed by atoms with E-state index in [-0.39, 0.29) is 61.9 Å². The van der Waals surface area contributed by atoms with Gasteiger partial charge in [-0.15, -0.1) is 0 Å². The molecule has 43 nitrogen and oxygen atoms in total. The lowest BCUT2D eigenvalue weighted by Crippen LogP contribution is -2.17. The van der Waals surface area contributed by atoms with Crippen molar-refractivity contribution >= 4 is 53.7 Å². The second-order valence-corrected chi connectivity index (χ2v) is 24.8. The van der Waals surface area contributed by atoms with E-state index in [0.717, 1.165) is 30.3 Å². The van der Waals surface area contributed by atoms with Crippen LogP contribution in [0.5, 0.6) is 115 Å². The second kappa shape index (κ2) is 40.5. The normalized spacial score (nSPS) is 12.4. The maximum absolute atomic E-state index is 11.9. The van der Waals surface area contributed by atoms with Gasteiger partial charge in [-0.2, -0.15) is 0 Å². The first-order chi connectivity index (χ1) is 56.4. The van der Waals surface area contributed by atoms with Crippen molar-refractivity contribution in [3.63, 3.8) is 0 Å². The van der Waals surface area contributed by atoms with Gasteiger partial charge in [0.15, 0.2) is 30.5 Å². The number of carboxylic acid groups (broad SMARTS) is 9. The molecule has 6 unspecified atom stereocenters. The third kappa shape index (κ3) is 23.3. The largest absolute Gasteiger partial charge is 0.508 e. The molecule has 0 saturated heterocycles. The van der Waals surface area contributed by atoms with E-state index in [2.05, 4.69) is 0 Å². The van der Waals surface area contributed by atoms with E-state index in [4.69, 9.17) is 40.9 Å². The fourth-order valence-corrected chi connectivity index (χ4v) is 11.1. The van der Waals surface area contributed by atoms with E-state index in [1.807, 2.05) is 0 Å². The van der Waals surface area contributed by atoms with Crippen LogP contribution in [0.3, 0.4) is 0 Å². The van der Waals surface area contributed by atoms with Gasteiger partial charge in [-0.1, -0.05) is 36.4 Å². The molecule has 0 saturated carbocycles. The van der Waals surface area contributed by atoms with Crippen LogP contribution >= 0.6 is 0 Å². The quantitative estimate of drug-likeness (QED) is 0.0437. The van der Waals surface area contributed by atoms with Crippen LogP contribution in [0.4, 0.5) is 0 Å². The summed E-state index contributed by atoms with van der Waals surface area (Å²) >= 11 is 0. The molecule has 6 atom stereocenters. The summed E-state index contributed by atoms with van der Waals surface area (Å²) in [6.07, 6.45) is -10.6. The van der Waals surface area contributed by atoms with Crippen LogP contribution in [0, 0.1) is 0 Å². The molecule has 0 heterocycles. The van der Waals surface area contributed by atoms with Crippen molar-refractivity contribution < 1.29 is 217 Å². The zero-order valence-electron chi connectivity index (χ0n) is 60.7. The molecule has 0 aliphatic rings. The maximum atomic E-state index is 11.9. The molecular weight excluding hydrogens is 1620 g/mol. The average molecular weight is 1700 g/mol. The molecule has 0 fully saturated rings. The molecule has 0 aromatic heterocycles. The number of hydrogen-bond acceptors (Lipinski definition) is 34. The molecule has 0 aliphatic carbocycles. The third-order valence-corrected chi connectivity index (χ3v) is 16.8. The Balaban J connectivity index is 0.000000262. The van der Waals surface area contributed by atoms with E-state index in [1.54, 1.807) is 0 Å². The Morgan fingerprint density at radius 1 is 0.165 bits per heavy atom. The second-order valence-electron chi connectivity index (χ2n) is 24.8. The van der Waals surface area contributed by atoms with Gasteiger partial charge < -0.3 is 174 Å². The Kier molecular flexibility index (Phi) is 31.7. The molecule has 0 aliphatic heterocycles. The van der Waals surface area contributed by atoms with Crippen molar-refractivity contribution in [2.45, 2.75) is 54.2 Å². The van der Waals surface area contributed by atoms with E-state index < -0.39 is 233 Å². The summed E-state index contributed by atoms with van der Waals surface area (Å²) in [6, 6.07) is 29.0. The lowest BCUT2D eigenvalue weighted by atomic mass is 9.86. The minimum absolute atomic E-state index is 0.0243. The van der Waals surface area contributed by atoms with Gasteiger partial charge in [0.05, 0.1) is 16.7 Å². The van der Waals surface area contributed by atoms with Gasteiger partial charge in [0, 0.05) is 98.1 Å². The molecule has 121 heavy (non-hydrogen) atoms. The summed E-state index contributed by atoms with van der Waals surface area (Å²) in [6.45, 7) is 0. The summed E-state index contributed by atoms with van der Waals surface area (Å²) in [5.74, 6) is -30.5.